The monoisotopic (exact) mass is 429 g/mol. The Labute approximate surface area is 179 Å². The lowest BCUT2D eigenvalue weighted by atomic mass is 10.1. The maximum Gasteiger partial charge on any atom is 0.270 e. The normalized spacial score (nSPS) is 11.3. The molecule has 0 bridgehead atoms. The van der Waals surface area contributed by atoms with Gasteiger partial charge in [-0.15, -0.1) is 11.3 Å². The van der Waals surface area contributed by atoms with Gasteiger partial charge in [0.15, 0.2) is 0 Å². The van der Waals surface area contributed by atoms with Crippen molar-refractivity contribution in [1.82, 2.24) is 15.2 Å². The highest BCUT2D eigenvalue weighted by atomic mass is 32.1. The molecule has 7 heteroatoms. The van der Waals surface area contributed by atoms with Crippen LogP contribution in [0.5, 0.6) is 0 Å². The van der Waals surface area contributed by atoms with Gasteiger partial charge < -0.3 is 5.32 Å². The molecular formula is C23H25F2N3OS. The quantitative estimate of drug-likeness (QED) is 0.520. The summed E-state index contributed by atoms with van der Waals surface area (Å²) >= 11 is 1.40. The van der Waals surface area contributed by atoms with E-state index in [0.29, 0.717) is 43.4 Å². The standard InChI is InChI=1S/C23H25F2N3OS/c1-16(2)11-26-23(29)21-15-30-22(27-21)14-28(12-17-7-9-19(24)10-8-17)13-18-5-3-4-6-20(18)25/h3-10,15-16H,11-14H2,1-2H3,(H,26,29). The molecule has 4 nitrogen and oxygen atoms in total. The Kier molecular flexibility index (Phi) is 7.65. The predicted octanol–water partition coefficient (Wildman–Crippen LogP) is 5.01. The number of thiazole rings is 1. The fourth-order valence-corrected chi connectivity index (χ4v) is 3.77. The Morgan fingerprint density at radius 3 is 2.50 bits per heavy atom. The van der Waals surface area contributed by atoms with Crippen LogP contribution in [0.25, 0.3) is 0 Å². The molecule has 0 aliphatic rings. The molecule has 1 aromatic heterocycles. The number of amides is 1. The summed E-state index contributed by atoms with van der Waals surface area (Å²) in [5, 5.41) is 5.37. The molecule has 30 heavy (non-hydrogen) atoms. The molecule has 0 radical (unpaired) electrons. The number of benzene rings is 2. The van der Waals surface area contributed by atoms with Gasteiger partial charge in [0.25, 0.3) is 5.91 Å². The lowest BCUT2D eigenvalue weighted by molar-refractivity contribution is 0.0944. The summed E-state index contributed by atoms with van der Waals surface area (Å²) in [6, 6.07) is 12.9. The van der Waals surface area contributed by atoms with Gasteiger partial charge in [0.05, 0.1) is 6.54 Å². The van der Waals surface area contributed by atoms with E-state index in [9.17, 15) is 13.6 Å². The third-order valence-corrected chi connectivity index (χ3v) is 5.32. The topological polar surface area (TPSA) is 45.2 Å². The van der Waals surface area contributed by atoms with Crippen molar-refractivity contribution in [2.75, 3.05) is 6.54 Å². The summed E-state index contributed by atoms with van der Waals surface area (Å²) < 4.78 is 27.5. The van der Waals surface area contributed by atoms with Crippen LogP contribution in [0.4, 0.5) is 8.78 Å². The highest BCUT2D eigenvalue weighted by Gasteiger charge is 2.16. The van der Waals surface area contributed by atoms with Crippen molar-refractivity contribution in [3.8, 4) is 0 Å². The zero-order valence-corrected chi connectivity index (χ0v) is 17.9. The first-order chi connectivity index (χ1) is 14.4. The smallest absolute Gasteiger partial charge is 0.270 e. The Morgan fingerprint density at radius 2 is 1.80 bits per heavy atom. The molecule has 0 atom stereocenters. The van der Waals surface area contributed by atoms with Crippen LogP contribution in [0.15, 0.2) is 53.9 Å². The molecular weight excluding hydrogens is 404 g/mol. The van der Waals surface area contributed by atoms with Crippen LogP contribution in [-0.2, 0) is 19.6 Å². The number of carbonyl (C=O) groups excluding carboxylic acids is 1. The predicted molar refractivity (Wildman–Crippen MR) is 115 cm³/mol. The minimum atomic E-state index is -0.295. The van der Waals surface area contributed by atoms with E-state index in [-0.39, 0.29) is 17.5 Å². The number of hydrogen-bond donors (Lipinski definition) is 1. The number of hydrogen-bond acceptors (Lipinski definition) is 4. The lowest BCUT2D eigenvalue weighted by Gasteiger charge is -2.22. The first kappa shape index (κ1) is 22.1. The zero-order valence-electron chi connectivity index (χ0n) is 17.1. The fraction of sp³-hybridized carbons (Fsp3) is 0.304. The van der Waals surface area contributed by atoms with Gasteiger partial charge in [0.2, 0.25) is 0 Å². The van der Waals surface area contributed by atoms with Crippen LogP contribution in [-0.4, -0.2) is 22.3 Å². The molecule has 0 aliphatic carbocycles. The maximum atomic E-state index is 14.2. The summed E-state index contributed by atoms with van der Waals surface area (Å²) in [6.07, 6.45) is 0. The summed E-state index contributed by atoms with van der Waals surface area (Å²) in [5.74, 6) is -0.393. The summed E-state index contributed by atoms with van der Waals surface area (Å²) in [5.41, 5.74) is 1.88. The van der Waals surface area contributed by atoms with Gasteiger partial charge in [0, 0.05) is 30.6 Å². The van der Waals surface area contributed by atoms with Crippen molar-refractivity contribution in [2.45, 2.75) is 33.5 Å². The van der Waals surface area contributed by atoms with Gasteiger partial charge in [-0.05, 0) is 29.7 Å². The molecule has 1 amide bonds. The summed E-state index contributed by atoms with van der Waals surface area (Å²) in [6.45, 7) is 5.98. The first-order valence-electron chi connectivity index (χ1n) is 9.83. The van der Waals surface area contributed by atoms with Gasteiger partial charge in [0.1, 0.15) is 22.3 Å². The molecule has 0 spiro atoms. The zero-order chi connectivity index (χ0) is 21.5. The third kappa shape index (κ3) is 6.43. The molecule has 3 rings (SSSR count). The molecule has 158 valence electrons. The van der Waals surface area contributed by atoms with Gasteiger partial charge in [-0.2, -0.15) is 0 Å². The molecule has 0 fully saturated rings. The van der Waals surface area contributed by atoms with E-state index in [0.717, 1.165) is 10.6 Å². The van der Waals surface area contributed by atoms with Crippen molar-refractivity contribution < 1.29 is 13.6 Å². The van der Waals surface area contributed by atoms with E-state index in [1.165, 1.54) is 29.5 Å². The average Bonchev–Trinajstić information content (AvgIpc) is 3.18. The van der Waals surface area contributed by atoms with Crippen molar-refractivity contribution in [1.29, 1.82) is 0 Å². The second-order valence-electron chi connectivity index (χ2n) is 7.59. The SMILES string of the molecule is CC(C)CNC(=O)c1csc(CN(Cc2ccc(F)cc2)Cc2ccccc2F)n1. The average molecular weight is 430 g/mol. The van der Waals surface area contributed by atoms with E-state index in [4.69, 9.17) is 0 Å². The molecule has 3 aromatic rings. The highest BCUT2D eigenvalue weighted by Crippen LogP contribution is 2.19. The van der Waals surface area contributed by atoms with Crippen LogP contribution in [0.1, 0.15) is 40.5 Å². The minimum absolute atomic E-state index is 0.189. The van der Waals surface area contributed by atoms with Gasteiger partial charge in [-0.3, -0.25) is 9.69 Å². The molecule has 1 N–H and O–H groups in total. The number of carbonyl (C=O) groups is 1. The number of aromatic nitrogens is 1. The summed E-state index contributed by atoms with van der Waals surface area (Å²) in [7, 11) is 0. The van der Waals surface area contributed by atoms with Crippen molar-refractivity contribution in [2.24, 2.45) is 5.92 Å². The van der Waals surface area contributed by atoms with Gasteiger partial charge >= 0.3 is 0 Å². The van der Waals surface area contributed by atoms with Crippen molar-refractivity contribution in [3.05, 3.63) is 87.4 Å². The van der Waals surface area contributed by atoms with E-state index < -0.39 is 0 Å². The molecule has 1 heterocycles. The molecule has 0 saturated heterocycles. The molecule has 2 aromatic carbocycles. The van der Waals surface area contributed by atoms with Crippen LogP contribution in [0, 0.1) is 17.6 Å². The van der Waals surface area contributed by atoms with E-state index in [1.807, 2.05) is 18.7 Å². The molecule has 0 aliphatic heterocycles. The Bertz CT molecular complexity index is 973. The van der Waals surface area contributed by atoms with E-state index in [2.05, 4.69) is 10.3 Å². The molecule has 0 saturated carbocycles. The largest absolute Gasteiger partial charge is 0.350 e. The number of rotatable bonds is 9. The van der Waals surface area contributed by atoms with Gasteiger partial charge in [-0.1, -0.05) is 44.2 Å². The van der Waals surface area contributed by atoms with Crippen molar-refractivity contribution in [3.63, 3.8) is 0 Å². The minimum Gasteiger partial charge on any atom is -0.350 e. The number of halogens is 2. The Balaban J connectivity index is 1.74. The van der Waals surface area contributed by atoms with Crippen molar-refractivity contribution >= 4 is 17.2 Å². The van der Waals surface area contributed by atoms with E-state index in [1.54, 1.807) is 35.7 Å². The van der Waals surface area contributed by atoms with Crippen LogP contribution in [0.3, 0.4) is 0 Å². The number of nitrogens with zero attached hydrogens (tertiary/aromatic N) is 2. The van der Waals surface area contributed by atoms with Crippen LogP contribution >= 0.6 is 11.3 Å². The Hall–Kier alpha value is -2.64. The molecule has 0 unspecified atom stereocenters. The van der Waals surface area contributed by atoms with Crippen LogP contribution < -0.4 is 5.32 Å². The second kappa shape index (κ2) is 10.4. The third-order valence-electron chi connectivity index (χ3n) is 4.49. The summed E-state index contributed by atoms with van der Waals surface area (Å²) in [4.78, 5) is 18.7. The first-order valence-corrected chi connectivity index (χ1v) is 10.7. The number of nitrogens with one attached hydrogen (secondary N) is 1. The highest BCUT2D eigenvalue weighted by molar-refractivity contribution is 7.09. The Morgan fingerprint density at radius 1 is 1.07 bits per heavy atom. The fourth-order valence-electron chi connectivity index (χ4n) is 2.95. The second-order valence-corrected chi connectivity index (χ2v) is 8.54. The van der Waals surface area contributed by atoms with Gasteiger partial charge in [-0.25, -0.2) is 13.8 Å². The lowest BCUT2D eigenvalue weighted by Crippen LogP contribution is -2.27. The van der Waals surface area contributed by atoms with Crippen LogP contribution in [0.2, 0.25) is 0 Å². The maximum absolute atomic E-state index is 14.2. The van der Waals surface area contributed by atoms with E-state index >= 15 is 0 Å².